The highest BCUT2D eigenvalue weighted by Crippen LogP contribution is 2.30. The normalized spacial score (nSPS) is 29.5. The van der Waals surface area contributed by atoms with Crippen LogP contribution in [0.4, 0.5) is 0 Å². The number of halogens is 1. The van der Waals surface area contributed by atoms with Crippen LogP contribution in [-0.4, -0.2) is 56.3 Å². The molecule has 0 aliphatic carbocycles. The van der Waals surface area contributed by atoms with Crippen molar-refractivity contribution in [3.05, 3.63) is 34.9 Å². The molecule has 2 heterocycles. The average Bonchev–Trinajstić information content (AvgIpc) is 2.96. The van der Waals surface area contributed by atoms with Crippen molar-refractivity contribution >= 4 is 17.5 Å². The number of rotatable bonds is 3. The number of likely N-dealkylation sites (N-methyl/N-ethyl adjacent to an activating group) is 1. The molecule has 1 aromatic rings. The van der Waals surface area contributed by atoms with E-state index in [4.69, 9.17) is 21.1 Å². The van der Waals surface area contributed by atoms with Gasteiger partial charge in [-0.2, -0.15) is 0 Å². The van der Waals surface area contributed by atoms with Gasteiger partial charge in [-0.3, -0.25) is 4.79 Å². The summed E-state index contributed by atoms with van der Waals surface area (Å²) in [6.07, 6.45) is 0.287. The topological polar surface area (TPSA) is 50.8 Å². The fourth-order valence-corrected chi connectivity index (χ4v) is 3.06. The Hall–Kier alpha value is -1.14. The summed E-state index contributed by atoms with van der Waals surface area (Å²) < 4.78 is 11.4. The number of hydrogen-bond acceptors (Lipinski definition) is 4. The average molecular weight is 325 g/mol. The Morgan fingerprint density at radius 2 is 2.05 bits per heavy atom. The van der Waals surface area contributed by atoms with Crippen molar-refractivity contribution in [3.63, 3.8) is 0 Å². The first-order chi connectivity index (χ1) is 10.6. The highest BCUT2D eigenvalue weighted by atomic mass is 35.5. The summed E-state index contributed by atoms with van der Waals surface area (Å²) in [5.41, 5.74) is 1.04. The first kappa shape index (κ1) is 15.7. The number of benzene rings is 1. The number of hydrogen-bond donors (Lipinski definition) is 1. The van der Waals surface area contributed by atoms with Crippen LogP contribution < -0.4 is 5.32 Å². The third-order valence-electron chi connectivity index (χ3n) is 4.18. The zero-order valence-corrected chi connectivity index (χ0v) is 13.4. The number of ether oxygens (including phenoxy) is 2. The predicted octanol–water partition coefficient (Wildman–Crippen LogP) is 1.62. The Labute approximate surface area is 135 Å². The first-order valence-electron chi connectivity index (χ1n) is 7.61. The summed E-state index contributed by atoms with van der Waals surface area (Å²) in [4.78, 5) is 14.5. The number of morpholine rings is 1. The highest BCUT2D eigenvalue weighted by Gasteiger charge is 2.33. The molecule has 22 heavy (non-hydrogen) atoms. The molecule has 2 aliphatic heterocycles. The highest BCUT2D eigenvalue weighted by molar-refractivity contribution is 6.30. The molecule has 1 amide bonds. The van der Waals surface area contributed by atoms with Gasteiger partial charge in [0, 0.05) is 24.7 Å². The standard InChI is InChI=1S/C16H21ClN2O3/c1-19-7-9-21-14(10-19)16(20)18-13-6-8-22-15(13)11-2-4-12(17)5-3-11/h2-5,13-15H,6-10H2,1H3,(H,18,20). The molecule has 1 aromatic carbocycles. The molecule has 3 rings (SSSR count). The zero-order chi connectivity index (χ0) is 15.5. The zero-order valence-electron chi connectivity index (χ0n) is 12.6. The van der Waals surface area contributed by atoms with Gasteiger partial charge in [-0.05, 0) is 31.2 Å². The summed E-state index contributed by atoms with van der Waals surface area (Å²) in [6.45, 7) is 2.73. The van der Waals surface area contributed by atoms with E-state index in [1.165, 1.54) is 0 Å². The van der Waals surface area contributed by atoms with Crippen molar-refractivity contribution < 1.29 is 14.3 Å². The third-order valence-corrected chi connectivity index (χ3v) is 4.43. The van der Waals surface area contributed by atoms with Crippen molar-refractivity contribution in [1.82, 2.24) is 10.2 Å². The molecule has 2 saturated heterocycles. The lowest BCUT2D eigenvalue weighted by Crippen LogP contribution is -2.51. The molecular formula is C16H21ClN2O3. The van der Waals surface area contributed by atoms with Crippen molar-refractivity contribution in [1.29, 1.82) is 0 Å². The van der Waals surface area contributed by atoms with Crippen LogP contribution in [0.15, 0.2) is 24.3 Å². The SMILES string of the molecule is CN1CCOC(C(=O)NC2CCOC2c2ccc(Cl)cc2)C1. The number of amides is 1. The minimum absolute atomic E-state index is 0.0236. The van der Waals surface area contributed by atoms with E-state index in [0.29, 0.717) is 24.8 Å². The smallest absolute Gasteiger partial charge is 0.250 e. The second-order valence-electron chi connectivity index (χ2n) is 5.87. The van der Waals surface area contributed by atoms with Crippen LogP contribution in [0.1, 0.15) is 18.1 Å². The lowest BCUT2D eigenvalue weighted by atomic mass is 10.0. The van der Waals surface area contributed by atoms with Crippen molar-refractivity contribution in [2.24, 2.45) is 0 Å². The predicted molar refractivity (Wildman–Crippen MR) is 83.9 cm³/mol. The summed E-state index contributed by atoms with van der Waals surface area (Å²) in [5, 5.41) is 3.78. The molecule has 3 atom stereocenters. The van der Waals surface area contributed by atoms with Gasteiger partial charge in [0.25, 0.3) is 5.91 Å². The number of carbonyl (C=O) groups excluding carboxylic acids is 1. The van der Waals surface area contributed by atoms with E-state index in [1.54, 1.807) is 0 Å². The molecule has 0 aromatic heterocycles. The van der Waals surface area contributed by atoms with Gasteiger partial charge in [0.1, 0.15) is 12.2 Å². The molecule has 1 N–H and O–H groups in total. The second kappa shape index (κ2) is 6.96. The molecule has 3 unspecified atom stereocenters. The van der Waals surface area contributed by atoms with E-state index in [2.05, 4.69) is 10.2 Å². The van der Waals surface area contributed by atoms with E-state index >= 15 is 0 Å². The third kappa shape index (κ3) is 3.60. The van der Waals surface area contributed by atoms with Gasteiger partial charge < -0.3 is 19.7 Å². The van der Waals surface area contributed by atoms with Crippen molar-refractivity contribution in [2.75, 3.05) is 33.4 Å². The summed E-state index contributed by atoms with van der Waals surface area (Å²) in [6, 6.07) is 7.56. The van der Waals surface area contributed by atoms with Crippen LogP contribution in [0.2, 0.25) is 5.02 Å². The van der Waals surface area contributed by atoms with Crippen LogP contribution >= 0.6 is 11.6 Å². The van der Waals surface area contributed by atoms with Crippen molar-refractivity contribution in [2.45, 2.75) is 24.7 Å². The van der Waals surface area contributed by atoms with Crippen LogP contribution in [0.3, 0.4) is 0 Å². The van der Waals surface area contributed by atoms with Gasteiger partial charge in [-0.1, -0.05) is 23.7 Å². The Balaban J connectivity index is 1.63. The first-order valence-corrected chi connectivity index (χ1v) is 7.99. The number of nitrogens with zero attached hydrogens (tertiary/aromatic N) is 1. The van der Waals surface area contributed by atoms with E-state index in [-0.39, 0.29) is 18.1 Å². The maximum Gasteiger partial charge on any atom is 0.250 e. The molecule has 0 spiro atoms. The Kier molecular flexibility index (Phi) is 4.98. The van der Waals surface area contributed by atoms with Gasteiger partial charge in [-0.15, -0.1) is 0 Å². The van der Waals surface area contributed by atoms with Gasteiger partial charge in [0.2, 0.25) is 0 Å². The minimum atomic E-state index is -0.398. The lowest BCUT2D eigenvalue weighted by Gasteiger charge is -2.30. The molecule has 5 nitrogen and oxygen atoms in total. The Morgan fingerprint density at radius 3 is 2.77 bits per heavy atom. The summed E-state index contributed by atoms with van der Waals surface area (Å²) in [7, 11) is 2.00. The van der Waals surface area contributed by atoms with Crippen LogP contribution in [0.5, 0.6) is 0 Å². The van der Waals surface area contributed by atoms with Crippen molar-refractivity contribution in [3.8, 4) is 0 Å². The maximum absolute atomic E-state index is 12.4. The van der Waals surface area contributed by atoms with E-state index in [1.807, 2.05) is 31.3 Å². The van der Waals surface area contributed by atoms with Gasteiger partial charge in [0.05, 0.1) is 12.6 Å². The molecule has 0 radical (unpaired) electrons. The van der Waals surface area contributed by atoms with E-state index < -0.39 is 6.10 Å². The molecule has 0 bridgehead atoms. The van der Waals surface area contributed by atoms with E-state index in [9.17, 15) is 4.79 Å². The van der Waals surface area contributed by atoms with Gasteiger partial charge in [-0.25, -0.2) is 0 Å². The van der Waals surface area contributed by atoms with Gasteiger partial charge >= 0.3 is 0 Å². The maximum atomic E-state index is 12.4. The largest absolute Gasteiger partial charge is 0.371 e. The number of carbonyl (C=O) groups is 1. The fraction of sp³-hybridized carbons (Fsp3) is 0.562. The molecule has 6 heteroatoms. The Morgan fingerprint density at radius 1 is 1.27 bits per heavy atom. The van der Waals surface area contributed by atoms with Crippen LogP contribution in [-0.2, 0) is 14.3 Å². The molecule has 0 saturated carbocycles. The molecular weight excluding hydrogens is 304 g/mol. The summed E-state index contributed by atoms with van der Waals surface area (Å²) in [5.74, 6) is -0.0546. The lowest BCUT2D eigenvalue weighted by molar-refractivity contribution is -0.139. The quantitative estimate of drug-likeness (QED) is 0.918. The van der Waals surface area contributed by atoms with Crippen LogP contribution in [0.25, 0.3) is 0 Å². The monoisotopic (exact) mass is 324 g/mol. The second-order valence-corrected chi connectivity index (χ2v) is 6.30. The van der Waals surface area contributed by atoms with E-state index in [0.717, 1.165) is 18.5 Å². The number of nitrogens with one attached hydrogen (secondary N) is 1. The fourth-order valence-electron chi connectivity index (χ4n) is 2.93. The van der Waals surface area contributed by atoms with Crippen LogP contribution in [0, 0.1) is 0 Å². The molecule has 2 aliphatic rings. The summed E-state index contributed by atoms with van der Waals surface area (Å²) >= 11 is 5.92. The molecule has 2 fully saturated rings. The van der Waals surface area contributed by atoms with Gasteiger partial charge in [0.15, 0.2) is 0 Å². The minimum Gasteiger partial charge on any atom is -0.371 e. The molecule has 120 valence electrons. The Bertz CT molecular complexity index is 523.